The maximum atomic E-state index is 12.6. The number of amides is 1. The molecule has 2 heterocycles. The van der Waals surface area contributed by atoms with Crippen LogP contribution in [0.1, 0.15) is 44.9 Å². The summed E-state index contributed by atoms with van der Waals surface area (Å²) in [5, 5.41) is 3.38. The Bertz CT molecular complexity index is 300. The summed E-state index contributed by atoms with van der Waals surface area (Å²) in [6.45, 7) is 2.51. The molecule has 4 heteroatoms. The summed E-state index contributed by atoms with van der Waals surface area (Å²) in [6, 6.07) is 0.420. The van der Waals surface area contributed by atoms with E-state index < -0.39 is 0 Å². The normalized spacial score (nSPS) is 37.1. The Hall–Kier alpha value is -0.610. The predicted molar refractivity (Wildman–Crippen MR) is 69.4 cm³/mol. The molecule has 0 radical (unpaired) electrons. The number of hydrogen-bond donors (Lipinski definition) is 1. The molecule has 2 aliphatic heterocycles. The smallest absolute Gasteiger partial charge is 0.240 e. The lowest BCUT2D eigenvalue weighted by molar-refractivity contribution is -0.152. The molecule has 0 spiro atoms. The molecule has 18 heavy (non-hydrogen) atoms. The van der Waals surface area contributed by atoms with Crippen LogP contribution in [-0.4, -0.2) is 48.7 Å². The van der Waals surface area contributed by atoms with Gasteiger partial charge in [-0.25, -0.2) is 0 Å². The lowest BCUT2D eigenvalue weighted by Gasteiger charge is -2.45. The number of ether oxygens (including phenoxy) is 1. The summed E-state index contributed by atoms with van der Waals surface area (Å²) < 4.78 is 5.84. The van der Waals surface area contributed by atoms with E-state index in [0.717, 1.165) is 39.0 Å². The van der Waals surface area contributed by atoms with Crippen molar-refractivity contribution in [2.45, 2.75) is 63.1 Å². The second kappa shape index (κ2) is 5.57. The van der Waals surface area contributed by atoms with E-state index in [4.69, 9.17) is 4.74 Å². The first-order valence-electron chi connectivity index (χ1n) is 7.52. The average molecular weight is 252 g/mol. The van der Waals surface area contributed by atoms with E-state index >= 15 is 0 Å². The second-order valence-electron chi connectivity index (χ2n) is 5.80. The van der Waals surface area contributed by atoms with Gasteiger partial charge in [-0.2, -0.15) is 0 Å². The Kier molecular flexibility index (Phi) is 3.85. The van der Waals surface area contributed by atoms with E-state index in [-0.39, 0.29) is 6.04 Å². The van der Waals surface area contributed by atoms with Crippen LogP contribution in [0.25, 0.3) is 0 Å². The van der Waals surface area contributed by atoms with Crippen molar-refractivity contribution in [2.75, 3.05) is 19.7 Å². The van der Waals surface area contributed by atoms with E-state index in [9.17, 15) is 4.79 Å². The van der Waals surface area contributed by atoms with Gasteiger partial charge in [0, 0.05) is 6.54 Å². The second-order valence-corrected chi connectivity index (χ2v) is 5.80. The highest BCUT2D eigenvalue weighted by Crippen LogP contribution is 2.29. The van der Waals surface area contributed by atoms with Crippen molar-refractivity contribution in [2.24, 2.45) is 0 Å². The summed E-state index contributed by atoms with van der Waals surface area (Å²) in [4.78, 5) is 14.7. The standard InChI is InChI=1S/C14H24N2O2/c17-14(11-5-3-4-8-15-11)16-9-10-18-13-7-2-1-6-12(13)16/h11-13,15H,1-10H2. The zero-order chi connectivity index (χ0) is 12.4. The van der Waals surface area contributed by atoms with Crippen LogP contribution in [0, 0.1) is 0 Å². The van der Waals surface area contributed by atoms with Gasteiger partial charge < -0.3 is 15.0 Å². The van der Waals surface area contributed by atoms with Gasteiger partial charge in [0.1, 0.15) is 0 Å². The van der Waals surface area contributed by atoms with Gasteiger partial charge >= 0.3 is 0 Å². The lowest BCUT2D eigenvalue weighted by atomic mass is 9.89. The molecule has 1 amide bonds. The fourth-order valence-electron chi connectivity index (χ4n) is 3.63. The van der Waals surface area contributed by atoms with Crippen LogP contribution in [0.2, 0.25) is 0 Å². The zero-order valence-electron chi connectivity index (χ0n) is 11.1. The van der Waals surface area contributed by atoms with Gasteiger partial charge in [-0.15, -0.1) is 0 Å². The van der Waals surface area contributed by atoms with Crippen LogP contribution in [0.4, 0.5) is 0 Å². The number of nitrogens with zero attached hydrogens (tertiary/aromatic N) is 1. The molecule has 3 atom stereocenters. The topological polar surface area (TPSA) is 41.6 Å². The molecule has 3 unspecified atom stereocenters. The number of fused-ring (bicyclic) bond motifs is 1. The summed E-state index contributed by atoms with van der Waals surface area (Å²) in [7, 11) is 0. The highest BCUT2D eigenvalue weighted by atomic mass is 16.5. The minimum atomic E-state index is 0.0689. The number of nitrogens with one attached hydrogen (secondary N) is 1. The fourth-order valence-corrected chi connectivity index (χ4v) is 3.63. The maximum absolute atomic E-state index is 12.6. The maximum Gasteiger partial charge on any atom is 0.240 e. The quantitative estimate of drug-likeness (QED) is 0.765. The largest absolute Gasteiger partial charge is 0.374 e. The van der Waals surface area contributed by atoms with Crippen molar-refractivity contribution in [1.82, 2.24) is 10.2 Å². The highest BCUT2D eigenvalue weighted by Gasteiger charge is 2.38. The monoisotopic (exact) mass is 252 g/mol. The van der Waals surface area contributed by atoms with Crippen molar-refractivity contribution in [3.8, 4) is 0 Å². The number of rotatable bonds is 1. The van der Waals surface area contributed by atoms with Crippen molar-refractivity contribution in [1.29, 1.82) is 0 Å². The molecule has 0 aromatic heterocycles. The first kappa shape index (κ1) is 12.4. The Morgan fingerprint density at radius 3 is 2.78 bits per heavy atom. The van der Waals surface area contributed by atoms with Gasteiger partial charge in [0.2, 0.25) is 5.91 Å². The van der Waals surface area contributed by atoms with E-state index in [1.165, 1.54) is 25.7 Å². The molecule has 0 aromatic rings. The van der Waals surface area contributed by atoms with Crippen molar-refractivity contribution >= 4 is 5.91 Å². The van der Waals surface area contributed by atoms with Crippen LogP contribution < -0.4 is 5.32 Å². The van der Waals surface area contributed by atoms with E-state index in [1.807, 2.05) is 0 Å². The summed E-state index contributed by atoms with van der Waals surface area (Å²) in [5.41, 5.74) is 0. The van der Waals surface area contributed by atoms with Crippen molar-refractivity contribution < 1.29 is 9.53 Å². The number of carbonyl (C=O) groups excluding carboxylic acids is 1. The molecule has 0 bridgehead atoms. The third kappa shape index (κ3) is 2.41. The Balaban J connectivity index is 1.67. The first-order chi connectivity index (χ1) is 8.86. The molecule has 102 valence electrons. The van der Waals surface area contributed by atoms with Gasteiger partial charge in [-0.05, 0) is 32.2 Å². The van der Waals surface area contributed by atoms with Gasteiger partial charge in [-0.3, -0.25) is 4.79 Å². The summed E-state index contributed by atoms with van der Waals surface area (Å²) in [5.74, 6) is 0.329. The van der Waals surface area contributed by atoms with E-state index in [2.05, 4.69) is 10.2 Å². The third-order valence-corrected chi connectivity index (χ3v) is 4.62. The van der Waals surface area contributed by atoms with Crippen LogP contribution in [0.15, 0.2) is 0 Å². The lowest BCUT2D eigenvalue weighted by Crippen LogP contribution is -2.59. The molecule has 3 rings (SSSR count). The first-order valence-corrected chi connectivity index (χ1v) is 7.52. The SMILES string of the molecule is O=C(C1CCCCN1)N1CCOC2CCCCC21. The third-order valence-electron chi connectivity index (χ3n) is 4.62. The van der Waals surface area contributed by atoms with Crippen LogP contribution in [0.5, 0.6) is 0 Å². The van der Waals surface area contributed by atoms with Gasteiger partial charge in [0.15, 0.2) is 0 Å². The molecular weight excluding hydrogens is 228 g/mol. The minimum absolute atomic E-state index is 0.0689. The van der Waals surface area contributed by atoms with E-state index in [1.54, 1.807) is 0 Å². The molecule has 0 aromatic carbocycles. The highest BCUT2D eigenvalue weighted by molar-refractivity contribution is 5.82. The number of carbonyl (C=O) groups is 1. The number of morpholine rings is 1. The number of hydrogen-bond acceptors (Lipinski definition) is 3. The van der Waals surface area contributed by atoms with Crippen molar-refractivity contribution in [3.63, 3.8) is 0 Å². The molecule has 1 N–H and O–H groups in total. The fraction of sp³-hybridized carbons (Fsp3) is 0.929. The Morgan fingerprint density at radius 1 is 1.11 bits per heavy atom. The zero-order valence-corrected chi connectivity index (χ0v) is 11.1. The summed E-state index contributed by atoms with van der Waals surface area (Å²) in [6.07, 6.45) is 8.46. The van der Waals surface area contributed by atoms with Crippen LogP contribution in [-0.2, 0) is 9.53 Å². The molecule has 4 nitrogen and oxygen atoms in total. The number of piperidine rings is 1. The van der Waals surface area contributed by atoms with Crippen LogP contribution >= 0.6 is 0 Å². The molecule has 1 saturated carbocycles. The Morgan fingerprint density at radius 2 is 1.94 bits per heavy atom. The molecule has 1 aliphatic carbocycles. The predicted octanol–water partition coefficient (Wildman–Crippen LogP) is 1.30. The molecule has 3 fully saturated rings. The average Bonchev–Trinajstić information content (AvgIpc) is 2.47. The minimum Gasteiger partial charge on any atom is -0.374 e. The molecule has 3 aliphatic rings. The van der Waals surface area contributed by atoms with Gasteiger partial charge in [0.05, 0.1) is 24.8 Å². The summed E-state index contributed by atoms with van der Waals surface area (Å²) >= 11 is 0. The molecular formula is C14H24N2O2. The Labute approximate surface area is 109 Å². The van der Waals surface area contributed by atoms with Crippen LogP contribution in [0.3, 0.4) is 0 Å². The molecule has 2 saturated heterocycles. The van der Waals surface area contributed by atoms with Gasteiger partial charge in [0.25, 0.3) is 0 Å². The van der Waals surface area contributed by atoms with E-state index in [0.29, 0.717) is 18.1 Å². The van der Waals surface area contributed by atoms with Crippen molar-refractivity contribution in [3.05, 3.63) is 0 Å². The van der Waals surface area contributed by atoms with Gasteiger partial charge in [-0.1, -0.05) is 19.3 Å².